The Kier molecular flexibility index (Phi) is 3.66. The third-order valence-corrected chi connectivity index (χ3v) is 3.17. The number of halogens is 1. The molecule has 0 aromatic carbocycles. The molecule has 2 heterocycles. The molecule has 0 aliphatic rings. The van der Waals surface area contributed by atoms with Gasteiger partial charge in [-0.25, -0.2) is 9.97 Å². The topological polar surface area (TPSA) is 43.6 Å². The van der Waals surface area contributed by atoms with E-state index in [0.29, 0.717) is 16.9 Å². The second kappa shape index (κ2) is 5.06. The van der Waals surface area contributed by atoms with Gasteiger partial charge in [-0.2, -0.15) is 5.10 Å². The molecule has 0 bridgehead atoms. The van der Waals surface area contributed by atoms with E-state index in [-0.39, 0.29) is 0 Å². The van der Waals surface area contributed by atoms with Crippen LogP contribution < -0.4 is 0 Å². The summed E-state index contributed by atoms with van der Waals surface area (Å²) in [6.07, 6.45) is 3.70. The van der Waals surface area contributed by atoms with Crippen molar-refractivity contribution >= 4 is 11.6 Å². The predicted octanol–water partition coefficient (Wildman–Crippen LogP) is 3.45. The van der Waals surface area contributed by atoms with Crippen molar-refractivity contribution in [2.75, 3.05) is 0 Å². The van der Waals surface area contributed by atoms with E-state index < -0.39 is 0 Å². The third kappa shape index (κ3) is 2.38. The molecular weight excluding hydrogens is 248 g/mol. The molecule has 0 radical (unpaired) electrons. The number of nitrogens with zero attached hydrogens (tertiary/aromatic N) is 4. The minimum atomic E-state index is 0.324. The van der Waals surface area contributed by atoms with Gasteiger partial charge in [0.15, 0.2) is 5.82 Å². The molecule has 0 N–H and O–H groups in total. The van der Waals surface area contributed by atoms with E-state index in [1.807, 2.05) is 24.7 Å². The molecule has 96 valence electrons. The largest absolute Gasteiger partial charge is 0.272 e. The van der Waals surface area contributed by atoms with Gasteiger partial charge in [-0.3, -0.25) is 4.68 Å². The van der Waals surface area contributed by atoms with Gasteiger partial charge in [0.2, 0.25) is 0 Å². The first kappa shape index (κ1) is 13.0. The van der Waals surface area contributed by atoms with Crippen molar-refractivity contribution in [1.82, 2.24) is 19.7 Å². The molecule has 2 rings (SSSR count). The average molecular weight is 265 g/mol. The maximum atomic E-state index is 6.24. The number of rotatable bonds is 3. The van der Waals surface area contributed by atoms with Crippen LogP contribution in [0.1, 0.15) is 37.9 Å². The number of aryl methyl sites for hydroxylation is 2. The predicted molar refractivity (Wildman–Crippen MR) is 72.8 cm³/mol. The van der Waals surface area contributed by atoms with Gasteiger partial charge in [-0.15, -0.1) is 0 Å². The molecule has 4 nitrogen and oxygen atoms in total. The van der Waals surface area contributed by atoms with E-state index in [9.17, 15) is 0 Å². The second-order valence-electron chi connectivity index (χ2n) is 4.58. The summed E-state index contributed by atoms with van der Waals surface area (Å²) in [4.78, 5) is 8.90. The van der Waals surface area contributed by atoms with Gasteiger partial charge in [-0.05, 0) is 19.8 Å². The highest BCUT2D eigenvalue weighted by Gasteiger charge is 2.14. The fraction of sp³-hybridized carbons (Fsp3) is 0.462. The monoisotopic (exact) mass is 264 g/mol. The average Bonchev–Trinajstić information content (AvgIpc) is 2.75. The molecule has 0 atom stereocenters. The van der Waals surface area contributed by atoms with Crippen molar-refractivity contribution in [3.05, 3.63) is 28.8 Å². The van der Waals surface area contributed by atoms with Gasteiger partial charge in [-0.1, -0.05) is 25.4 Å². The molecule has 0 amide bonds. The zero-order chi connectivity index (χ0) is 13.3. The molecule has 0 unspecified atom stereocenters. The fourth-order valence-corrected chi connectivity index (χ4v) is 2.42. The highest BCUT2D eigenvalue weighted by atomic mass is 35.5. The smallest absolute Gasteiger partial charge is 0.164 e. The summed E-state index contributed by atoms with van der Waals surface area (Å²) in [5.74, 6) is 0.964. The lowest BCUT2D eigenvalue weighted by Gasteiger charge is -2.11. The van der Waals surface area contributed by atoms with Gasteiger partial charge in [0, 0.05) is 24.0 Å². The molecule has 0 spiro atoms. The lowest BCUT2D eigenvalue weighted by atomic mass is 10.0. The Morgan fingerprint density at radius 1 is 1.33 bits per heavy atom. The summed E-state index contributed by atoms with van der Waals surface area (Å²) in [5, 5.41) is 4.76. The summed E-state index contributed by atoms with van der Waals surface area (Å²) in [5.41, 5.74) is 2.85. The molecule has 0 aliphatic carbocycles. The summed E-state index contributed by atoms with van der Waals surface area (Å²) in [6, 6.07) is 0. The first-order valence-electron chi connectivity index (χ1n) is 6.09. The van der Waals surface area contributed by atoms with Crippen LogP contribution in [-0.2, 0) is 6.54 Å². The van der Waals surface area contributed by atoms with Crippen LogP contribution in [0.25, 0.3) is 11.4 Å². The van der Waals surface area contributed by atoms with E-state index in [0.717, 1.165) is 23.4 Å². The molecule has 0 saturated heterocycles. The number of aromatic nitrogens is 4. The quantitative estimate of drug-likeness (QED) is 0.798. The fourth-order valence-electron chi connectivity index (χ4n) is 1.98. The van der Waals surface area contributed by atoms with E-state index in [1.54, 1.807) is 6.20 Å². The Morgan fingerprint density at radius 2 is 2.06 bits per heavy atom. The highest BCUT2D eigenvalue weighted by Crippen LogP contribution is 2.27. The van der Waals surface area contributed by atoms with Crippen LogP contribution >= 0.6 is 11.6 Å². The Morgan fingerprint density at radius 3 is 2.56 bits per heavy atom. The normalized spacial score (nSPS) is 11.2. The Hall–Kier alpha value is -1.42. The minimum absolute atomic E-state index is 0.324. The van der Waals surface area contributed by atoms with Crippen molar-refractivity contribution in [2.24, 2.45) is 0 Å². The van der Waals surface area contributed by atoms with E-state index in [4.69, 9.17) is 11.6 Å². The van der Waals surface area contributed by atoms with Crippen LogP contribution in [0.3, 0.4) is 0 Å². The second-order valence-corrected chi connectivity index (χ2v) is 4.93. The van der Waals surface area contributed by atoms with E-state index >= 15 is 0 Å². The summed E-state index contributed by atoms with van der Waals surface area (Å²) >= 11 is 6.24. The highest BCUT2D eigenvalue weighted by molar-refractivity contribution is 6.30. The molecule has 0 fully saturated rings. The molecule has 18 heavy (non-hydrogen) atoms. The molecule has 0 aliphatic heterocycles. The maximum absolute atomic E-state index is 6.24. The van der Waals surface area contributed by atoms with E-state index in [1.165, 1.54) is 0 Å². The Bertz CT molecular complexity index is 537. The maximum Gasteiger partial charge on any atom is 0.164 e. The van der Waals surface area contributed by atoms with Crippen molar-refractivity contribution in [2.45, 2.75) is 40.2 Å². The van der Waals surface area contributed by atoms with Gasteiger partial charge in [0.1, 0.15) is 5.15 Å². The van der Waals surface area contributed by atoms with Crippen LogP contribution in [-0.4, -0.2) is 19.7 Å². The van der Waals surface area contributed by atoms with Crippen LogP contribution in [0.15, 0.2) is 12.4 Å². The lowest BCUT2D eigenvalue weighted by Crippen LogP contribution is -2.01. The zero-order valence-electron chi connectivity index (χ0n) is 11.1. The van der Waals surface area contributed by atoms with Crippen LogP contribution in [0.4, 0.5) is 0 Å². The summed E-state index contributed by atoms with van der Waals surface area (Å²) < 4.78 is 1.85. The Balaban J connectivity index is 2.47. The van der Waals surface area contributed by atoms with E-state index in [2.05, 4.69) is 28.9 Å². The van der Waals surface area contributed by atoms with Crippen LogP contribution in [0.5, 0.6) is 0 Å². The summed E-state index contributed by atoms with van der Waals surface area (Å²) in [7, 11) is 0. The molecule has 2 aromatic rings. The van der Waals surface area contributed by atoms with Gasteiger partial charge in [0.25, 0.3) is 0 Å². The number of hydrogen-bond donors (Lipinski definition) is 0. The molecule has 2 aromatic heterocycles. The zero-order valence-corrected chi connectivity index (χ0v) is 11.9. The number of hydrogen-bond acceptors (Lipinski definition) is 3. The summed E-state index contributed by atoms with van der Waals surface area (Å²) in [6.45, 7) is 9.02. The Labute approximate surface area is 112 Å². The van der Waals surface area contributed by atoms with Crippen molar-refractivity contribution < 1.29 is 0 Å². The van der Waals surface area contributed by atoms with Gasteiger partial charge < -0.3 is 0 Å². The lowest BCUT2D eigenvalue weighted by molar-refractivity contribution is 0.660. The standard InChI is InChI=1S/C13H17ClN4/c1-5-18-7-10(6-15-18)13-16-9(4)11(8(2)3)12(14)17-13/h6-8H,5H2,1-4H3. The van der Waals surface area contributed by atoms with Gasteiger partial charge >= 0.3 is 0 Å². The van der Waals surface area contributed by atoms with Crippen LogP contribution in [0, 0.1) is 6.92 Å². The van der Waals surface area contributed by atoms with Gasteiger partial charge in [0.05, 0.1) is 11.8 Å². The first-order valence-corrected chi connectivity index (χ1v) is 6.47. The first-order chi connectivity index (χ1) is 8.52. The van der Waals surface area contributed by atoms with Crippen molar-refractivity contribution in [3.63, 3.8) is 0 Å². The molecule has 5 heteroatoms. The SMILES string of the molecule is CCn1cc(-c2nc(C)c(C(C)C)c(Cl)n2)cn1. The minimum Gasteiger partial charge on any atom is -0.272 e. The van der Waals surface area contributed by atoms with Crippen molar-refractivity contribution in [3.8, 4) is 11.4 Å². The van der Waals surface area contributed by atoms with Crippen molar-refractivity contribution in [1.29, 1.82) is 0 Å². The third-order valence-electron chi connectivity index (χ3n) is 2.88. The molecule has 0 saturated carbocycles. The van der Waals surface area contributed by atoms with Crippen LogP contribution in [0.2, 0.25) is 5.15 Å². The molecular formula is C13H17ClN4.